The molecule has 0 aromatic heterocycles. The number of nitrogens with two attached hydrogens (primary N) is 2. The molecule has 0 heterocycles. The molecule has 0 bridgehead atoms. The van der Waals surface area contributed by atoms with Gasteiger partial charge in [-0.25, -0.2) is 0 Å². The number of nitrogens with zero attached hydrogens (tertiary/aromatic N) is 1. The van der Waals surface area contributed by atoms with Crippen LogP contribution in [0.2, 0.25) is 5.02 Å². The zero-order valence-corrected chi connectivity index (χ0v) is 7.71. The van der Waals surface area contributed by atoms with Crippen LogP contribution in [0.15, 0.2) is 12.1 Å². The van der Waals surface area contributed by atoms with E-state index in [-0.39, 0.29) is 27.8 Å². The van der Waals surface area contributed by atoms with E-state index in [1.165, 1.54) is 6.07 Å². The molecule has 0 saturated heterocycles. The first-order chi connectivity index (χ1) is 6.43. The number of halogens is 1. The van der Waals surface area contributed by atoms with Gasteiger partial charge in [0.25, 0.3) is 5.69 Å². The minimum absolute atomic E-state index is 0.0718. The molecule has 1 aromatic rings. The molecular weight excluding hydrogens is 208 g/mol. The molecule has 1 rings (SSSR count). The van der Waals surface area contributed by atoms with Gasteiger partial charge in [-0.2, -0.15) is 0 Å². The first kappa shape index (κ1) is 10.3. The number of rotatable bonds is 2. The zero-order chi connectivity index (χ0) is 10.9. The van der Waals surface area contributed by atoms with Crippen molar-refractivity contribution in [3.8, 4) is 0 Å². The van der Waals surface area contributed by atoms with E-state index >= 15 is 0 Å². The third kappa shape index (κ3) is 1.74. The second kappa shape index (κ2) is 3.51. The van der Waals surface area contributed by atoms with Crippen LogP contribution in [-0.4, -0.2) is 10.8 Å². The van der Waals surface area contributed by atoms with Crippen LogP contribution < -0.4 is 11.5 Å². The Morgan fingerprint density at radius 3 is 2.57 bits per heavy atom. The number of nitrogens with one attached hydrogen (secondary N) is 1. The van der Waals surface area contributed by atoms with Crippen LogP contribution in [0.3, 0.4) is 0 Å². The Labute approximate surface area is 84.1 Å². The van der Waals surface area contributed by atoms with Gasteiger partial charge in [0.05, 0.1) is 4.92 Å². The maximum absolute atomic E-state index is 10.5. The lowest BCUT2D eigenvalue weighted by Crippen LogP contribution is -2.14. The van der Waals surface area contributed by atoms with Crippen molar-refractivity contribution in [2.24, 2.45) is 5.73 Å². The molecule has 0 unspecified atom stereocenters. The number of hydrogen-bond donors (Lipinski definition) is 3. The summed E-state index contributed by atoms with van der Waals surface area (Å²) >= 11 is 5.57. The lowest BCUT2D eigenvalue weighted by atomic mass is 10.1. The van der Waals surface area contributed by atoms with Gasteiger partial charge in [0.15, 0.2) is 0 Å². The fourth-order valence-electron chi connectivity index (χ4n) is 0.950. The van der Waals surface area contributed by atoms with Crippen LogP contribution in [0.25, 0.3) is 0 Å². The van der Waals surface area contributed by atoms with Gasteiger partial charge < -0.3 is 11.5 Å². The van der Waals surface area contributed by atoms with Gasteiger partial charge in [-0.05, 0) is 6.07 Å². The molecule has 5 N–H and O–H groups in total. The highest BCUT2D eigenvalue weighted by atomic mass is 35.5. The Morgan fingerprint density at radius 1 is 1.57 bits per heavy atom. The minimum Gasteiger partial charge on any atom is -0.398 e. The van der Waals surface area contributed by atoms with Crippen molar-refractivity contribution in [3.63, 3.8) is 0 Å². The molecular formula is C7H7ClN4O2. The van der Waals surface area contributed by atoms with E-state index in [1.807, 2.05) is 0 Å². The van der Waals surface area contributed by atoms with Crippen molar-refractivity contribution in [2.45, 2.75) is 0 Å². The third-order valence-electron chi connectivity index (χ3n) is 1.61. The van der Waals surface area contributed by atoms with Crippen molar-refractivity contribution in [2.75, 3.05) is 5.73 Å². The number of hydrogen-bond acceptors (Lipinski definition) is 4. The van der Waals surface area contributed by atoms with Gasteiger partial charge >= 0.3 is 0 Å². The van der Waals surface area contributed by atoms with Crippen molar-refractivity contribution >= 4 is 28.8 Å². The maximum atomic E-state index is 10.5. The molecule has 74 valence electrons. The summed E-state index contributed by atoms with van der Waals surface area (Å²) in [6, 6.07) is 2.29. The van der Waals surface area contributed by atoms with E-state index in [0.717, 1.165) is 6.07 Å². The second-order valence-corrected chi connectivity index (χ2v) is 2.97. The molecule has 0 fully saturated rings. The molecule has 0 aliphatic heterocycles. The van der Waals surface area contributed by atoms with E-state index in [0.29, 0.717) is 0 Å². The summed E-state index contributed by atoms with van der Waals surface area (Å²) in [5, 5.41) is 17.5. The molecule has 0 aliphatic carbocycles. The summed E-state index contributed by atoms with van der Waals surface area (Å²) in [6.45, 7) is 0. The van der Waals surface area contributed by atoms with E-state index in [1.54, 1.807) is 0 Å². The second-order valence-electron chi connectivity index (χ2n) is 2.56. The molecule has 0 saturated carbocycles. The van der Waals surface area contributed by atoms with Crippen LogP contribution in [0.4, 0.5) is 11.4 Å². The maximum Gasteiger partial charge on any atom is 0.288 e. The normalized spacial score (nSPS) is 9.79. The number of amidine groups is 1. The van der Waals surface area contributed by atoms with Crippen molar-refractivity contribution in [3.05, 3.63) is 32.8 Å². The van der Waals surface area contributed by atoms with E-state index in [4.69, 9.17) is 28.5 Å². The Kier molecular flexibility index (Phi) is 2.57. The molecule has 0 radical (unpaired) electrons. The lowest BCUT2D eigenvalue weighted by Gasteiger charge is -2.04. The van der Waals surface area contributed by atoms with Gasteiger partial charge in [0.2, 0.25) is 0 Å². The third-order valence-corrected chi connectivity index (χ3v) is 1.91. The quantitative estimate of drug-likeness (QED) is 0.225. The topological polar surface area (TPSA) is 119 Å². The average molecular weight is 215 g/mol. The summed E-state index contributed by atoms with van der Waals surface area (Å²) < 4.78 is 0. The molecule has 6 nitrogen and oxygen atoms in total. The lowest BCUT2D eigenvalue weighted by molar-refractivity contribution is -0.384. The monoisotopic (exact) mass is 214 g/mol. The van der Waals surface area contributed by atoms with Crippen LogP contribution in [0.1, 0.15) is 5.56 Å². The number of nitrogen functional groups attached to an aromatic ring is 2. The first-order valence-electron chi connectivity index (χ1n) is 3.51. The SMILES string of the molecule is N=C(N)c1cc([N+](=O)[O-])c(Cl)cc1N. The smallest absolute Gasteiger partial charge is 0.288 e. The summed E-state index contributed by atoms with van der Waals surface area (Å²) in [7, 11) is 0. The molecule has 0 spiro atoms. The molecule has 7 heteroatoms. The van der Waals surface area contributed by atoms with Crippen LogP contribution in [0, 0.1) is 15.5 Å². The van der Waals surface area contributed by atoms with E-state index in [9.17, 15) is 10.1 Å². The first-order valence-corrected chi connectivity index (χ1v) is 3.89. The van der Waals surface area contributed by atoms with Crippen molar-refractivity contribution in [1.82, 2.24) is 0 Å². The van der Waals surface area contributed by atoms with E-state index in [2.05, 4.69) is 0 Å². The Morgan fingerprint density at radius 2 is 2.14 bits per heavy atom. The van der Waals surface area contributed by atoms with Gasteiger partial charge in [0.1, 0.15) is 10.9 Å². The van der Waals surface area contributed by atoms with Crippen LogP contribution in [0.5, 0.6) is 0 Å². The predicted molar refractivity (Wildman–Crippen MR) is 53.5 cm³/mol. The van der Waals surface area contributed by atoms with Gasteiger partial charge in [-0.1, -0.05) is 11.6 Å². The zero-order valence-electron chi connectivity index (χ0n) is 6.95. The van der Waals surface area contributed by atoms with E-state index < -0.39 is 4.92 Å². The van der Waals surface area contributed by atoms with Gasteiger partial charge in [-0.15, -0.1) is 0 Å². The van der Waals surface area contributed by atoms with Gasteiger partial charge in [-0.3, -0.25) is 15.5 Å². The number of nitro benzene ring substituents is 1. The fraction of sp³-hybridized carbons (Fsp3) is 0. The van der Waals surface area contributed by atoms with Crippen LogP contribution in [-0.2, 0) is 0 Å². The molecule has 1 aromatic carbocycles. The Bertz CT molecular complexity index is 383. The van der Waals surface area contributed by atoms with Crippen LogP contribution >= 0.6 is 11.6 Å². The fourth-order valence-corrected chi connectivity index (χ4v) is 1.19. The van der Waals surface area contributed by atoms with Crippen molar-refractivity contribution < 1.29 is 4.92 Å². The largest absolute Gasteiger partial charge is 0.398 e. The highest BCUT2D eigenvalue weighted by Gasteiger charge is 2.16. The summed E-state index contributed by atoms with van der Waals surface area (Å²) in [5.41, 5.74) is 10.6. The van der Waals surface area contributed by atoms with Gasteiger partial charge in [0, 0.05) is 17.3 Å². The molecule has 14 heavy (non-hydrogen) atoms. The minimum atomic E-state index is -0.659. The molecule has 0 atom stereocenters. The Hall–Kier alpha value is -1.82. The van der Waals surface area contributed by atoms with Crippen molar-refractivity contribution in [1.29, 1.82) is 5.41 Å². The summed E-state index contributed by atoms with van der Waals surface area (Å²) in [5.74, 6) is -0.331. The number of benzene rings is 1. The molecule has 0 amide bonds. The standard InChI is InChI=1S/C7H7ClN4O2/c8-4-2-5(9)3(7(10)11)1-6(4)12(13)14/h1-2H,9H2,(H3,10,11). The highest BCUT2D eigenvalue weighted by molar-refractivity contribution is 6.33. The number of nitro groups is 1. The molecule has 0 aliphatic rings. The summed E-state index contributed by atoms with van der Waals surface area (Å²) in [6.07, 6.45) is 0. The summed E-state index contributed by atoms with van der Waals surface area (Å²) in [4.78, 5) is 9.82. The highest BCUT2D eigenvalue weighted by Crippen LogP contribution is 2.28. The average Bonchev–Trinajstić information content (AvgIpc) is 2.02. The predicted octanol–water partition coefficient (Wildman–Crippen LogP) is 1.11. The number of anilines is 1. The Balaban J connectivity index is 3.42.